The third kappa shape index (κ3) is 2.98. The van der Waals surface area contributed by atoms with Crippen LogP contribution in [0.4, 0.5) is 4.39 Å². The predicted molar refractivity (Wildman–Crippen MR) is 70.5 cm³/mol. The predicted octanol–water partition coefficient (Wildman–Crippen LogP) is 3.97. The number of rotatable bonds is 3. The summed E-state index contributed by atoms with van der Waals surface area (Å²) in [4.78, 5) is 12.2. The fourth-order valence-corrected chi connectivity index (χ4v) is 1.85. The summed E-state index contributed by atoms with van der Waals surface area (Å²) in [5, 5.41) is 9.69. The van der Waals surface area contributed by atoms with Gasteiger partial charge >= 0.3 is 0 Å². The molecule has 0 radical (unpaired) electrons. The van der Waals surface area contributed by atoms with Crippen LogP contribution >= 0.6 is 11.6 Å². The highest BCUT2D eigenvalue weighted by Crippen LogP contribution is 2.22. The first-order valence-electron chi connectivity index (χ1n) is 5.56. The van der Waals surface area contributed by atoms with Crippen molar-refractivity contribution in [2.45, 2.75) is 5.92 Å². The fraction of sp³-hybridized carbons (Fsp3) is 0.0667. The zero-order valence-corrected chi connectivity index (χ0v) is 10.6. The molecule has 0 aromatic heterocycles. The van der Waals surface area contributed by atoms with Crippen molar-refractivity contribution < 1.29 is 9.18 Å². The summed E-state index contributed by atoms with van der Waals surface area (Å²) >= 11 is 5.76. The van der Waals surface area contributed by atoms with Crippen LogP contribution in [-0.4, -0.2) is 5.78 Å². The van der Waals surface area contributed by atoms with Gasteiger partial charge < -0.3 is 0 Å². The average molecular weight is 274 g/mol. The van der Waals surface area contributed by atoms with E-state index in [0.29, 0.717) is 16.1 Å². The lowest BCUT2D eigenvalue weighted by molar-refractivity contribution is 0.0979. The summed E-state index contributed by atoms with van der Waals surface area (Å²) in [5.41, 5.74) is 0.879. The Morgan fingerprint density at radius 2 is 1.68 bits per heavy atom. The second-order valence-corrected chi connectivity index (χ2v) is 4.42. The Kier molecular flexibility index (Phi) is 3.94. The molecule has 0 saturated carbocycles. The van der Waals surface area contributed by atoms with E-state index in [1.54, 1.807) is 24.3 Å². The highest BCUT2D eigenvalue weighted by atomic mass is 35.5. The van der Waals surface area contributed by atoms with Crippen LogP contribution < -0.4 is 0 Å². The minimum absolute atomic E-state index is 0.308. The zero-order chi connectivity index (χ0) is 13.8. The molecule has 2 aromatic rings. The third-order valence-electron chi connectivity index (χ3n) is 2.72. The van der Waals surface area contributed by atoms with Gasteiger partial charge in [0.05, 0.1) is 6.07 Å². The topological polar surface area (TPSA) is 40.9 Å². The van der Waals surface area contributed by atoms with E-state index in [1.165, 1.54) is 24.3 Å². The summed E-state index contributed by atoms with van der Waals surface area (Å²) in [6, 6.07) is 13.6. The molecule has 94 valence electrons. The number of halogens is 2. The van der Waals surface area contributed by atoms with Gasteiger partial charge in [0.1, 0.15) is 11.7 Å². The molecule has 1 atom stereocenters. The molecule has 0 spiro atoms. The van der Waals surface area contributed by atoms with E-state index >= 15 is 0 Å². The van der Waals surface area contributed by atoms with Crippen LogP contribution in [0.15, 0.2) is 48.5 Å². The van der Waals surface area contributed by atoms with Gasteiger partial charge in [-0.2, -0.15) is 5.26 Å². The summed E-state index contributed by atoms with van der Waals surface area (Å²) in [6.07, 6.45) is 0. The molecule has 2 rings (SSSR count). The molecule has 0 aliphatic rings. The Hall–Kier alpha value is -2.18. The van der Waals surface area contributed by atoms with E-state index in [-0.39, 0.29) is 5.78 Å². The molecule has 1 unspecified atom stereocenters. The van der Waals surface area contributed by atoms with Crippen molar-refractivity contribution in [3.63, 3.8) is 0 Å². The van der Waals surface area contributed by atoms with Gasteiger partial charge in [-0.05, 0) is 42.0 Å². The normalized spacial score (nSPS) is 11.6. The van der Waals surface area contributed by atoms with Crippen molar-refractivity contribution in [3.8, 4) is 6.07 Å². The van der Waals surface area contributed by atoms with Gasteiger partial charge in [0.2, 0.25) is 0 Å². The van der Waals surface area contributed by atoms with Crippen LogP contribution in [0.5, 0.6) is 0 Å². The van der Waals surface area contributed by atoms with Crippen molar-refractivity contribution in [1.82, 2.24) is 0 Å². The van der Waals surface area contributed by atoms with Gasteiger partial charge in [0, 0.05) is 10.6 Å². The minimum atomic E-state index is -0.914. The number of carbonyl (C=O) groups is 1. The second-order valence-electron chi connectivity index (χ2n) is 3.98. The maximum atomic E-state index is 12.8. The van der Waals surface area contributed by atoms with E-state index in [0.717, 1.165) is 0 Å². The van der Waals surface area contributed by atoms with Crippen molar-refractivity contribution in [3.05, 3.63) is 70.5 Å². The molecule has 0 bridgehead atoms. The first kappa shape index (κ1) is 13.3. The highest BCUT2D eigenvalue weighted by molar-refractivity contribution is 6.30. The van der Waals surface area contributed by atoms with E-state index in [4.69, 9.17) is 16.9 Å². The number of ketones is 1. The van der Waals surface area contributed by atoms with E-state index in [1.807, 2.05) is 6.07 Å². The monoisotopic (exact) mass is 273 g/mol. The molecule has 2 nitrogen and oxygen atoms in total. The molecular weight excluding hydrogens is 265 g/mol. The van der Waals surface area contributed by atoms with Gasteiger partial charge in [-0.15, -0.1) is 0 Å². The lowest BCUT2D eigenvalue weighted by Gasteiger charge is -2.08. The van der Waals surface area contributed by atoms with Crippen LogP contribution in [0.2, 0.25) is 5.02 Å². The van der Waals surface area contributed by atoms with E-state index in [9.17, 15) is 9.18 Å². The largest absolute Gasteiger partial charge is 0.292 e. The Morgan fingerprint density at radius 3 is 2.21 bits per heavy atom. The third-order valence-corrected chi connectivity index (χ3v) is 2.98. The van der Waals surface area contributed by atoms with Crippen LogP contribution in [0, 0.1) is 17.1 Å². The Balaban J connectivity index is 2.32. The molecule has 0 aliphatic heterocycles. The van der Waals surface area contributed by atoms with E-state index in [2.05, 4.69) is 0 Å². The molecule has 4 heteroatoms. The average Bonchev–Trinajstić information content (AvgIpc) is 2.42. The fourth-order valence-electron chi connectivity index (χ4n) is 1.72. The van der Waals surface area contributed by atoms with Crippen molar-refractivity contribution in [1.29, 1.82) is 5.26 Å². The van der Waals surface area contributed by atoms with Crippen LogP contribution in [-0.2, 0) is 0 Å². The minimum Gasteiger partial charge on any atom is -0.292 e. The Morgan fingerprint density at radius 1 is 1.11 bits per heavy atom. The van der Waals surface area contributed by atoms with Crippen molar-refractivity contribution in [2.75, 3.05) is 0 Å². The number of benzene rings is 2. The number of Topliss-reactive ketones (excluding diaryl/α,β-unsaturated/α-hetero) is 1. The van der Waals surface area contributed by atoms with Gasteiger partial charge in [-0.1, -0.05) is 23.7 Å². The lowest BCUT2D eigenvalue weighted by atomic mass is 9.92. The lowest BCUT2D eigenvalue weighted by Crippen LogP contribution is -2.11. The van der Waals surface area contributed by atoms with Gasteiger partial charge in [0.25, 0.3) is 0 Å². The second kappa shape index (κ2) is 5.64. The Bertz CT molecular complexity index is 629. The standard InChI is InChI=1S/C15H9ClFNO/c16-12-5-1-10(2-6-12)14(9-18)15(19)11-3-7-13(17)8-4-11/h1-8,14H. The molecule has 0 saturated heterocycles. The zero-order valence-electron chi connectivity index (χ0n) is 9.81. The molecule has 19 heavy (non-hydrogen) atoms. The quantitative estimate of drug-likeness (QED) is 0.794. The molecular formula is C15H9ClFNO. The summed E-state index contributed by atoms with van der Waals surface area (Å²) in [6.45, 7) is 0. The van der Waals surface area contributed by atoms with Gasteiger partial charge in [-0.25, -0.2) is 4.39 Å². The SMILES string of the molecule is N#CC(C(=O)c1ccc(F)cc1)c1ccc(Cl)cc1. The first-order chi connectivity index (χ1) is 9.11. The van der Waals surface area contributed by atoms with Gasteiger partial charge in [0.15, 0.2) is 5.78 Å². The smallest absolute Gasteiger partial charge is 0.184 e. The summed E-state index contributed by atoms with van der Waals surface area (Å²) < 4.78 is 12.8. The molecule has 0 heterocycles. The van der Waals surface area contributed by atoms with Crippen molar-refractivity contribution >= 4 is 17.4 Å². The summed E-state index contributed by atoms with van der Waals surface area (Å²) in [7, 11) is 0. The summed E-state index contributed by atoms with van der Waals surface area (Å²) in [5.74, 6) is -1.69. The maximum absolute atomic E-state index is 12.8. The van der Waals surface area contributed by atoms with Crippen molar-refractivity contribution in [2.24, 2.45) is 0 Å². The molecule has 0 aliphatic carbocycles. The molecule has 2 aromatic carbocycles. The van der Waals surface area contributed by atoms with Crippen LogP contribution in [0.3, 0.4) is 0 Å². The number of hydrogen-bond acceptors (Lipinski definition) is 2. The van der Waals surface area contributed by atoms with Crippen LogP contribution in [0.25, 0.3) is 0 Å². The molecule has 0 fully saturated rings. The first-order valence-corrected chi connectivity index (χ1v) is 5.94. The maximum Gasteiger partial charge on any atom is 0.184 e. The van der Waals surface area contributed by atoms with Crippen LogP contribution in [0.1, 0.15) is 21.8 Å². The molecule has 0 N–H and O–H groups in total. The number of hydrogen-bond donors (Lipinski definition) is 0. The number of nitriles is 1. The van der Waals surface area contributed by atoms with Gasteiger partial charge in [-0.3, -0.25) is 4.79 Å². The number of carbonyl (C=O) groups excluding carboxylic acids is 1. The highest BCUT2D eigenvalue weighted by Gasteiger charge is 2.21. The Labute approximate surface area is 115 Å². The molecule has 0 amide bonds. The number of nitrogens with zero attached hydrogens (tertiary/aromatic N) is 1. The van der Waals surface area contributed by atoms with E-state index < -0.39 is 11.7 Å².